The van der Waals surface area contributed by atoms with E-state index < -0.39 is 0 Å². The van der Waals surface area contributed by atoms with E-state index in [1.54, 1.807) is 9.58 Å². The van der Waals surface area contributed by atoms with E-state index in [1.165, 1.54) is 4.57 Å². The number of amides is 1. The lowest BCUT2D eigenvalue weighted by Gasteiger charge is -2.25. The summed E-state index contributed by atoms with van der Waals surface area (Å²) in [7, 11) is 0. The first kappa shape index (κ1) is 13.0. The summed E-state index contributed by atoms with van der Waals surface area (Å²) in [5, 5.41) is 11.3. The molecule has 2 aromatic heterocycles. The van der Waals surface area contributed by atoms with Crippen molar-refractivity contribution in [1.29, 1.82) is 0 Å². The van der Waals surface area contributed by atoms with Gasteiger partial charge in [0, 0.05) is 23.7 Å². The molecule has 0 aliphatic carbocycles. The number of thiazole rings is 1. The highest BCUT2D eigenvalue weighted by Gasteiger charge is 2.26. The molecule has 0 aromatic carbocycles. The van der Waals surface area contributed by atoms with Crippen LogP contribution in [0.2, 0.25) is 0 Å². The standard InChI is InChI=1S/C11H14N6O2S/c1-7-8(2)20-11(19)16(7)6-9(18)15-4-3-5-17-10(15)12-13-14-17/h3-6H2,1-2H3. The van der Waals surface area contributed by atoms with Gasteiger partial charge in [0.15, 0.2) is 0 Å². The molecule has 3 rings (SSSR count). The molecule has 0 fully saturated rings. The quantitative estimate of drug-likeness (QED) is 0.775. The van der Waals surface area contributed by atoms with Crippen molar-refractivity contribution < 1.29 is 4.79 Å². The summed E-state index contributed by atoms with van der Waals surface area (Å²) in [5.74, 6) is 0.294. The van der Waals surface area contributed by atoms with E-state index in [9.17, 15) is 9.59 Å². The van der Waals surface area contributed by atoms with Gasteiger partial charge < -0.3 is 0 Å². The summed E-state index contributed by atoms with van der Waals surface area (Å²) in [6, 6.07) is 0. The van der Waals surface area contributed by atoms with Crippen LogP contribution < -0.4 is 9.77 Å². The SMILES string of the molecule is Cc1sc(=O)n(CC(=O)N2CCCn3nnnc32)c1C. The van der Waals surface area contributed by atoms with Gasteiger partial charge in [-0.05, 0) is 30.7 Å². The molecule has 1 aliphatic heterocycles. The van der Waals surface area contributed by atoms with Crippen molar-refractivity contribution in [2.24, 2.45) is 0 Å². The molecule has 0 radical (unpaired) electrons. The summed E-state index contributed by atoms with van der Waals surface area (Å²) < 4.78 is 3.11. The fourth-order valence-electron chi connectivity index (χ4n) is 2.24. The van der Waals surface area contributed by atoms with Crippen molar-refractivity contribution in [3.05, 3.63) is 20.2 Å². The summed E-state index contributed by atoms with van der Waals surface area (Å²) in [4.78, 5) is 26.6. The minimum absolute atomic E-state index is 0.0296. The predicted octanol–water partition coefficient (Wildman–Crippen LogP) is -0.0500. The van der Waals surface area contributed by atoms with Gasteiger partial charge in [-0.15, -0.1) is 0 Å². The Morgan fingerprint density at radius 1 is 1.35 bits per heavy atom. The van der Waals surface area contributed by atoms with Crippen molar-refractivity contribution in [3.8, 4) is 0 Å². The fraction of sp³-hybridized carbons (Fsp3) is 0.545. The summed E-state index contributed by atoms with van der Waals surface area (Å²) in [6.45, 7) is 5.05. The normalized spacial score (nSPS) is 14.4. The van der Waals surface area contributed by atoms with Crippen LogP contribution in [0.25, 0.3) is 0 Å². The first-order chi connectivity index (χ1) is 9.58. The predicted molar refractivity (Wildman–Crippen MR) is 72.8 cm³/mol. The largest absolute Gasteiger partial charge is 0.308 e. The smallest absolute Gasteiger partial charge is 0.294 e. The second-order valence-corrected chi connectivity index (χ2v) is 5.86. The maximum absolute atomic E-state index is 12.4. The molecule has 9 heteroatoms. The fourth-order valence-corrected chi connectivity index (χ4v) is 3.07. The maximum atomic E-state index is 12.4. The van der Waals surface area contributed by atoms with Crippen LogP contribution in [0.4, 0.5) is 5.95 Å². The third-order valence-corrected chi connectivity index (χ3v) is 4.47. The number of hydrogen-bond acceptors (Lipinski definition) is 6. The van der Waals surface area contributed by atoms with Gasteiger partial charge in [-0.25, -0.2) is 4.68 Å². The van der Waals surface area contributed by atoms with Crippen molar-refractivity contribution >= 4 is 23.2 Å². The molecule has 8 nitrogen and oxygen atoms in total. The van der Waals surface area contributed by atoms with Crippen LogP contribution in [-0.4, -0.2) is 37.2 Å². The van der Waals surface area contributed by atoms with Gasteiger partial charge in [-0.3, -0.25) is 19.1 Å². The Hall–Kier alpha value is -2.03. The molecule has 20 heavy (non-hydrogen) atoms. The zero-order valence-corrected chi connectivity index (χ0v) is 12.1. The number of fused-ring (bicyclic) bond motifs is 1. The van der Waals surface area contributed by atoms with Gasteiger partial charge in [0.05, 0.1) is 0 Å². The van der Waals surface area contributed by atoms with Crippen LogP contribution in [0.3, 0.4) is 0 Å². The lowest BCUT2D eigenvalue weighted by atomic mass is 10.3. The second kappa shape index (κ2) is 4.82. The molecule has 0 N–H and O–H groups in total. The zero-order valence-electron chi connectivity index (χ0n) is 11.2. The Morgan fingerprint density at radius 3 is 2.85 bits per heavy atom. The molecule has 0 saturated carbocycles. The van der Waals surface area contributed by atoms with Crippen molar-refractivity contribution in [2.75, 3.05) is 11.4 Å². The summed E-state index contributed by atoms with van der Waals surface area (Å²) >= 11 is 1.16. The molecular weight excluding hydrogens is 280 g/mol. The molecule has 0 unspecified atom stereocenters. The molecule has 1 amide bonds. The first-order valence-electron chi connectivity index (χ1n) is 6.31. The van der Waals surface area contributed by atoms with Crippen LogP contribution in [-0.2, 0) is 17.9 Å². The van der Waals surface area contributed by atoms with E-state index in [4.69, 9.17) is 0 Å². The second-order valence-electron chi connectivity index (χ2n) is 4.70. The number of tetrazole rings is 1. The minimum Gasteiger partial charge on any atom is -0.294 e. The van der Waals surface area contributed by atoms with Crippen LogP contribution in [0.1, 0.15) is 17.0 Å². The van der Waals surface area contributed by atoms with E-state index in [0.29, 0.717) is 19.0 Å². The average Bonchev–Trinajstić information content (AvgIpc) is 2.99. The van der Waals surface area contributed by atoms with E-state index in [1.807, 2.05) is 13.8 Å². The summed E-state index contributed by atoms with van der Waals surface area (Å²) in [5.41, 5.74) is 0.838. The highest BCUT2D eigenvalue weighted by molar-refractivity contribution is 7.09. The van der Waals surface area contributed by atoms with Gasteiger partial charge in [-0.2, -0.15) is 0 Å². The number of carbonyl (C=O) groups is 1. The number of hydrogen-bond donors (Lipinski definition) is 0. The zero-order chi connectivity index (χ0) is 14.3. The van der Waals surface area contributed by atoms with E-state index in [-0.39, 0.29) is 17.3 Å². The molecule has 106 valence electrons. The van der Waals surface area contributed by atoms with E-state index in [0.717, 1.165) is 28.3 Å². The van der Waals surface area contributed by atoms with E-state index in [2.05, 4.69) is 15.5 Å². The van der Waals surface area contributed by atoms with Gasteiger partial charge in [0.25, 0.3) is 5.95 Å². The lowest BCUT2D eigenvalue weighted by Crippen LogP contribution is -2.41. The third kappa shape index (κ3) is 2.03. The van der Waals surface area contributed by atoms with Crippen LogP contribution in [0.5, 0.6) is 0 Å². The molecule has 1 aliphatic rings. The van der Waals surface area contributed by atoms with Crippen LogP contribution in [0, 0.1) is 13.8 Å². The number of rotatable bonds is 2. The molecule has 3 heterocycles. The topological polar surface area (TPSA) is 85.9 Å². The number of anilines is 1. The molecule has 0 spiro atoms. The van der Waals surface area contributed by atoms with Crippen molar-refractivity contribution in [3.63, 3.8) is 0 Å². The molecule has 0 atom stereocenters. The van der Waals surface area contributed by atoms with Gasteiger partial charge >= 0.3 is 4.87 Å². The average molecular weight is 294 g/mol. The maximum Gasteiger partial charge on any atom is 0.308 e. The Bertz CT molecular complexity index is 715. The van der Waals surface area contributed by atoms with Crippen LogP contribution in [0.15, 0.2) is 4.79 Å². The monoisotopic (exact) mass is 294 g/mol. The summed E-state index contributed by atoms with van der Waals surface area (Å²) in [6.07, 6.45) is 0.806. The number of carbonyl (C=O) groups excluding carboxylic acids is 1. The molecule has 2 aromatic rings. The minimum atomic E-state index is -0.163. The van der Waals surface area contributed by atoms with Crippen molar-refractivity contribution in [2.45, 2.75) is 33.4 Å². The Balaban J connectivity index is 1.87. The molecule has 0 saturated heterocycles. The Labute approximate surface area is 118 Å². The lowest BCUT2D eigenvalue weighted by molar-refractivity contribution is -0.119. The Morgan fingerprint density at radius 2 is 2.15 bits per heavy atom. The molecular formula is C11H14N6O2S. The van der Waals surface area contributed by atoms with E-state index >= 15 is 0 Å². The Kier molecular flexibility index (Phi) is 3.13. The first-order valence-corrected chi connectivity index (χ1v) is 7.13. The van der Waals surface area contributed by atoms with Gasteiger partial charge in [0.2, 0.25) is 5.91 Å². The highest BCUT2D eigenvalue weighted by atomic mass is 32.1. The highest BCUT2D eigenvalue weighted by Crippen LogP contribution is 2.17. The third-order valence-electron chi connectivity index (χ3n) is 3.48. The van der Waals surface area contributed by atoms with Crippen molar-refractivity contribution in [1.82, 2.24) is 24.8 Å². The number of nitrogens with zero attached hydrogens (tertiary/aromatic N) is 6. The van der Waals surface area contributed by atoms with Crippen LogP contribution >= 0.6 is 11.3 Å². The van der Waals surface area contributed by atoms with Gasteiger partial charge in [0.1, 0.15) is 6.54 Å². The number of aromatic nitrogens is 5. The molecule has 0 bridgehead atoms. The van der Waals surface area contributed by atoms with Gasteiger partial charge in [-0.1, -0.05) is 16.4 Å². The number of aryl methyl sites for hydroxylation is 2.